The number of methoxy groups -OCH3 is 1. The normalized spacial score (nSPS) is 10.4. The summed E-state index contributed by atoms with van der Waals surface area (Å²) in [6.07, 6.45) is 0.738. The first-order valence-corrected chi connectivity index (χ1v) is 7.02. The monoisotopic (exact) mass is 285 g/mol. The maximum Gasteiger partial charge on any atom is 0.258 e. The molecule has 0 atom stereocenters. The third-order valence-corrected chi connectivity index (χ3v) is 3.66. The molecule has 0 saturated carbocycles. The van der Waals surface area contributed by atoms with Gasteiger partial charge in [-0.25, -0.2) is 0 Å². The van der Waals surface area contributed by atoms with Crippen LogP contribution in [0.15, 0.2) is 30.3 Å². The maximum absolute atomic E-state index is 12.7. The van der Waals surface area contributed by atoms with Crippen LogP contribution in [0.3, 0.4) is 0 Å². The Kier molecular flexibility index (Phi) is 4.58. The molecule has 4 nitrogen and oxygen atoms in total. The number of hydrogen-bond donors (Lipinski definition) is 0. The van der Waals surface area contributed by atoms with Crippen LogP contribution in [0.2, 0.25) is 0 Å². The average Bonchev–Trinajstić information content (AvgIpc) is 2.53. The molecule has 2 rings (SSSR count). The molecule has 0 N–H and O–H groups in total. The number of aldehydes is 1. The van der Waals surface area contributed by atoms with E-state index in [9.17, 15) is 9.59 Å². The van der Waals surface area contributed by atoms with E-state index in [4.69, 9.17) is 4.74 Å². The lowest BCUT2D eigenvalue weighted by molar-refractivity contribution is 0.0766. The average molecular weight is 285 g/mol. The Bertz CT molecular complexity index is 675. The number of carbonyl (C=O) groups is 2. The number of fused-ring (bicyclic) bond motifs is 1. The van der Waals surface area contributed by atoms with Gasteiger partial charge in [-0.1, -0.05) is 24.3 Å². The smallest absolute Gasteiger partial charge is 0.258 e. The first kappa shape index (κ1) is 15.0. The number of nitrogens with zero attached hydrogens (tertiary/aromatic N) is 1. The molecule has 21 heavy (non-hydrogen) atoms. The molecular formula is C17H19NO3. The Balaban J connectivity index is 2.76. The molecule has 0 bridgehead atoms. The van der Waals surface area contributed by atoms with Gasteiger partial charge in [0.25, 0.3) is 5.91 Å². The van der Waals surface area contributed by atoms with Gasteiger partial charge in [-0.3, -0.25) is 9.59 Å². The molecule has 0 aliphatic heterocycles. The summed E-state index contributed by atoms with van der Waals surface area (Å²) in [5.41, 5.74) is 0.733. The number of carbonyl (C=O) groups excluding carboxylic acids is 2. The molecule has 0 spiro atoms. The van der Waals surface area contributed by atoms with E-state index in [2.05, 4.69) is 0 Å². The van der Waals surface area contributed by atoms with Gasteiger partial charge in [0.1, 0.15) is 5.75 Å². The zero-order chi connectivity index (χ0) is 15.4. The molecule has 110 valence electrons. The zero-order valence-corrected chi connectivity index (χ0v) is 12.6. The lowest BCUT2D eigenvalue weighted by atomic mass is 9.97. The van der Waals surface area contributed by atoms with Gasteiger partial charge in [-0.2, -0.15) is 0 Å². The van der Waals surface area contributed by atoms with Crippen LogP contribution in [0.1, 0.15) is 34.6 Å². The van der Waals surface area contributed by atoms with E-state index in [1.165, 1.54) is 7.11 Å². The molecule has 0 fully saturated rings. The first-order valence-electron chi connectivity index (χ1n) is 7.02. The van der Waals surface area contributed by atoms with Crippen molar-refractivity contribution in [3.05, 3.63) is 41.5 Å². The summed E-state index contributed by atoms with van der Waals surface area (Å²) in [4.78, 5) is 26.0. The highest BCUT2D eigenvalue weighted by molar-refractivity contribution is 6.12. The minimum Gasteiger partial charge on any atom is -0.496 e. The van der Waals surface area contributed by atoms with Crippen LogP contribution in [0, 0.1) is 0 Å². The van der Waals surface area contributed by atoms with Crippen molar-refractivity contribution in [2.45, 2.75) is 13.8 Å². The van der Waals surface area contributed by atoms with Gasteiger partial charge < -0.3 is 9.64 Å². The van der Waals surface area contributed by atoms with Crippen LogP contribution in [-0.2, 0) is 0 Å². The summed E-state index contributed by atoms with van der Waals surface area (Å²) in [6.45, 7) is 5.00. The van der Waals surface area contributed by atoms with E-state index in [1.807, 2.05) is 38.1 Å². The van der Waals surface area contributed by atoms with Crippen molar-refractivity contribution in [3.8, 4) is 5.75 Å². The van der Waals surface area contributed by atoms with Crippen LogP contribution < -0.4 is 4.74 Å². The molecule has 0 heterocycles. The van der Waals surface area contributed by atoms with Gasteiger partial charge in [0.2, 0.25) is 0 Å². The van der Waals surface area contributed by atoms with Crippen LogP contribution in [0.5, 0.6) is 5.75 Å². The highest BCUT2D eigenvalue weighted by atomic mass is 16.5. The predicted molar refractivity (Wildman–Crippen MR) is 83.1 cm³/mol. The van der Waals surface area contributed by atoms with Gasteiger partial charge in [-0.15, -0.1) is 0 Å². The van der Waals surface area contributed by atoms with Crippen molar-refractivity contribution in [3.63, 3.8) is 0 Å². The summed E-state index contributed by atoms with van der Waals surface area (Å²) in [5, 5.41) is 1.65. The van der Waals surface area contributed by atoms with Crippen LogP contribution >= 0.6 is 0 Å². The maximum atomic E-state index is 12.7. The van der Waals surface area contributed by atoms with Gasteiger partial charge in [0, 0.05) is 18.7 Å². The molecule has 0 unspecified atom stereocenters. The molecule has 2 aromatic carbocycles. The minimum atomic E-state index is -0.176. The molecular weight excluding hydrogens is 266 g/mol. The predicted octanol–water partition coefficient (Wildman–Crippen LogP) is 3.14. The molecule has 4 heteroatoms. The molecule has 0 aliphatic carbocycles. The highest BCUT2D eigenvalue weighted by Crippen LogP contribution is 2.31. The Morgan fingerprint density at radius 3 is 2.48 bits per heavy atom. The molecule has 0 radical (unpaired) electrons. The molecule has 0 saturated heterocycles. The van der Waals surface area contributed by atoms with Gasteiger partial charge in [0.05, 0.1) is 12.7 Å². The van der Waals surface area contributed by atoms with Crippen molar-refractivity contribution < 1.29 is 14.3 Å². The van der Waals surface area contributed by atoms with Gasteiger partial charge in [-0.05, 0) is 30.7 Å². The standard InChI is InChI=1S/C17H19NO3/c1-4-18(5-2)17(20)16-14(11-19)13-9-7-6-8-12(13)10-15(16)21-3/h6-11H,4-5H2,1-3H3. The van der Waals surface area contributed by atoms with E-state index < -0.39 is 0 Å². The third-order valence-electron chi connectivity index (χ3n) is 3.66. The number of hydrogen-bond acceptors (Lipinski definition) is 3. The SMILES string of the molecule is CCN(CC)C(=O)c1c(OC)cc2ccccc2c1C=O. The summed E-state index contributed by atoms with van der Waals surface area (Å²) < 4.78 is 5.35. The first-order chi connectivity index (χ1) is 10.2. The fraction of sp³-hybridized carbons (Fsp3) is 0.294. The second-order valence-corrected chi connectivity index (χ2v) is 4.68. The Labute approximate surface area is 124 Å². The van der Waals surface area contributed by atoms with Gasteiger partial charge in [0.15, 0.2) is 6.29 Å². The van der Waals surface area contributed by atoms with Crippen LogP contribution in [0.25, 0.3) is 10.8 Å². The van der Waals surface area contributed by atoms with E-state index in [0.29, 0.717) is 30.0 Å². The van der Waals surface area contributed by atoms with Crippen molar-refractivity contribution in [1.82, 2.24) is 4.90 Å². The lowest BCUT2D eigenvalue weighted by Crippen LogP contribution is -2.31. The summed E-state index contributed by atoms with van der Waals surface area (Å²) in [5.74, 6) is 0.261. The number of benzene rings is 2. The Morgan fingerprint density at radius 2 is 1.90 bits per heavy atom. The minimum absolute atomic E-state index is 0.176. The molecule has 0 aromatic heterocycles. The van der Waals surface area contributed by atoms with Gasteiger partial charge >= 0.3 is 0 Å². The second kappa shape index (κ2) is 6.39. The number of rotatable bonds is 5. The number of amides is 1. The molecule has 1 amide bonds. The van der Waals surface area contributed by atoms with E-state index >= 15 is 0 Å². The highest BCUT2D eigenvalue weighted by Gasteiger charge is 2.23. The summed E-state index contributed by atoms with van der Waals surface area (Å²) in [7, 11) is 1.51. The fourth-order valence-corrected chi connectivity index (χ4v) is 2.52. The van der Waals surface area contributed by atoms with E-state index in [1.54, 1.807) is 11.0 Å². The van der Waals surface area contributed by atoms with Crippen molar-refractivity contribution in [1.29, 1.82) is 0 Å². The second-order valence-electron chi connectivity index (χ2n) is 4.68. The van der Waals surface area contributed by atoms with Crippen LogP contribution in [-0.4, -0.2) is 37.3 Å². The zero-order valence-electron chi connectivity index (χ0n) is 12.6. The summed E-state index contributed by atoms with van der Waals surface area (Å²) in [6, 6.07) is 9.29. The molecule has 0 aliphatic rings. The van der Waals surface area contributed by atoms with E-state index in [0.717, 1.165) is 17.1 Å². The van der Waals surface area contributed by atoms with Crippen molar-refractivity contribution in [2.75, 3.05) is 20.2 Å². The quantitative estimate of drug-likeness (QED) is 0.793. The topological polar surface area (TPSA) is 46.6 Å². The van der Waals surface area contributed by atoms with Crippen molar-refractivity contribution >= 4 is 23.0 Å². The Morgan fingerprint density at radius 1 is 1.24 bits per heavy atom. The third kappa shape index (κ3) is 2.61. The summed E-state index contributed by atoms with van der Waals surface area (Å²) >= 11 is 0. The number of ether oxygens (including phenoxy) is 1. The largest absolute Gasteiger partial charge is 0.496 e. The fourth-order valence-electron chi connectivity index (χ4n) is 2.52. The van der Waals surface area contributed by atoms with E-state index in [-0.39, 0.29) is 5.91 Å². The Hall–Kier alpha value is -2.36. The lowest BCUT2D eigenvalue weighted by Gasteiger charge is -2.21. The molecule has 2 aromatic rings. The van der Waals surface area contributed by atoms with Crippen LogP contribution in [0.4, 0.5) is 0 Å². The van der Waals surface area contributed by atoms with Crippen molar-refractivity contribution in [2.24, 2.45) is 0 Å².